The summed E-state index contributed by atoms with van der Waals surface area (Å²) >= 11 is 1.93. The number of nitrogens with two attached hydrogens (primary N) is 1. The Balaban J connectivity index is 2.16. The Morgan fingerprint density at radius 3 is 3.13 bits per heavy atom. The lowest BCUT2D eigenvalue weighted by molar-refractivity contribution is 0.675. The van der Waals surface area contributed by atoms with Gasteiger partial charge in [0.25, 0.3) is 0 Å². The van der Waals surface area contributed by atoms with Crippen molar-refractivity contribution in [3.63, 3.8) is 0 Å². The van der Waals surface area contributed by atoms with Crippen LogP contribution < -0.4 is 5.73 Å². The van der Waals surface area contributed by atoms with Crippen LogP contribution in [-0.4, -0.2) is 21.3 Å². The SMILES string of the molecule is CCSCCn1cc2ccc(N)cc2n1. The molecule has 1 aromatic heterocycles. The highest BCUT2D eigenvalue weighted by atomic mass is 32.2. The highest BCUT2D eigenvalue weighted by Gasteiger charge is 2.00. The van der Waals surface area contributed by atoms with Crippen LogP contribution in [-0.2, 0) is 6.54 Å². The molecular formula is C11H15N3S. The summed E-state index contributed by atoms with van der Waals surface area (Å²) in [4.78, 5) is 0. The second-order valence-electron chi connectivity index (χ2n) is 3.41. The van der Waals surface area contributed by atoms with E-state index in [0.717, 1.165) is 34.6 Å². The first-order valence-corrected chi connectivity index (χ1v) is 6.25. The summed E-state index contributed by atoms with van der Waals surface area (Å²) in [5.41, 5.74) is 7.46. The Kier molecular flexibility index (Phi) is 3.16. The quantitative estimate of drug-likeness (QED) is 0.636. The van der Waals surface area contributed by atoms with Crippen LogP contribution in [0.25, 0.3) is 10.9 Å². The summed E-state index contributed by atoms with van der Waals surface area (Å²) in [6.45, 7) is 3.14. The van der Waals surface area contributed by atoms with Gasteiger partial charge in [0.1, 0.15) is 0 Å². The first-order valence-electron chi connectivity index (χ1n) is 5.10. The molecule has 0 spiro atoms. The van der Waals surface area contributed by atoms with E-state index in [4.69, 9.17) is 5.73 Å². The van der Waals surface area contributed by atoms with Gasteiger partial charge in [0, 0.05) is 29.6 Å². The summed E-state index contributed by atoms with van der Waals surface area (Å²) in [6, 6.07) is 5.84. The number of nitrogens with zero attached hydrogens (tertiary/aromatic N) is 2. The molecule has 0 aliphatic heterocycles. The highest BCUT2D eigenvalue weighted by molar-refractivity contribution is 7.99. The minimum absolute atomic E-state index is 0.774. The topological polar surface area (TPSA) is 43.8 Å². The van der Waals surface area contributed by atoms with Gasteiger partial charge in [-0.05, 0) is 24.0 Å². The van der Waals surface area contributed by atoms with Gasteiger partial charge in [-0.1, -0.05) is 6.92 Å². The fourth-order valence-electron chi connectivity index (χ4n) is 1.50. The van der Waals surface area contributed by atoms with E-state index < -0.39 is 0 Å². The number of benzene rings is 1. The molecule has 0 radical (unpaired) electrons. The Bertz CT molecular complexity index is 450. The number of rotatable bonds is 4. The Hall–Kier alpha value is -1.16. The fourth-order valence-corrected chi connectivity index (χ4v) is 2.11. The molecule has 2 N–H and O–H groups in total. The molecule has 0 saturated heterocycles. The average molecular weight is 221 g/mol. The molecule has 1 aromatic carbocycles. The van der Waals surface area contributed by atoms with Crippen molar-refractivity contribution in [3.8, 4) is 0 Å². The van der Waals surface area contributed by atoms with Crippen LogP contribution in [0.5, 0.6) is 0 Å². The van der Waals surface area contributed by atoms with Crippen LogP contribution in [0.15, 0.2) is 24.4 Å². The smallest absolute Gasteiger partial charge is 0.0943 e. The lowest BCUT2D eigenvalue weighted by Crippen LogP contribution is -2.00. The summed E-state index contributed by atoms with van der Waals surface area (Å²) in [5, 5.41) is 5.63. The monoisotopic (exact) mass is 221 g/mol. The lowest BCUT2D eigenvalue weighted by atomic mass is 10.2. The summed E-state index contributed by atoms with van der Waals surface area (Å²) in [6.07, 6.45) is 2.07. The molecule has 0 aliphatic rings. The molecule has 0 atom stereocenters. The number of hydrogen-bond acceptors (Lipinski definition) is 3. The van der Waals surface area contributed by atoms with Crippen molar-refractivity contribution in [2.75, 3.05) is 17.2 Å². The van der Waals surface area contributed by atoms with Gasteiger partial charge in [-0.2, -0.15) is 16.9 Å². The van der Waals surface area contributed by atoms with E-state index in [1.165, 1.54) is 0 Å². The van der Waals surface area contributed by atoms with Crippen molar-refractivity contribution in [2.45, 2.75) is 13.5 Å². The third kappa shape index (κ3) is 2.45. The number of anilines is 1. The molecule has 2 rings (SSSR count). The molecule has 80 valence electrons. The molecule has 2 aromatic rings. The van der Waals surface area contributed by atoms with Gasteiger partial charge >= 0.3 is 0 Å². The third-order valence-electron chi connectivity index (χ3n) is 2.25. The molecule has 3 nitrogen and oxygen atoms in total. The van der Waals surface area contributed by atoms with E-state index in [1.54, 1.807) is 0 Å². The van der Waals surface area contributed by atoms with Gasteiger partial charge in [0.15, 0.2) is 0 Å². The van der Waals surface area contributed by atoms with Crippen molar-refractivity contribution < 1.29 is 0 Å². The van der Waals surface area contributed by atoms with E-state index >= 15 is 0 Å². The molecule has 0 fully saturated rings. The Morgan fingerprint density at radius 1 is 1.47 bits per heavy atom. The lowest BCUT2D eigenvalue weighted by Gasteiger charge is -1.98. The van der Waals surface area contributed by atoms with Crippen LogP contribution in [0.2, 0.25) is 0 Å². The molecule has 0 unspecified atom stereocenters. The number of thioether (sulfide) groups is 1. The van der Waals surface area contributed by atoms with Gasteiger partial charge in [0.05, 0.1) is 5.52 Å². The Labute approximate surface area is 93.6 Å². The van der Waals surface area contributed by atoms with Crippen LogP contribution in [0, 0.1) is 0 Å². The molecule has 0 bridgehead atoms. The second-order valence-corrected chi connectivity index (χ2v) is 4.80. The van der Waals surface area contributed by atoms with Gasteiger partial charge in [0.2, 0.25) is 0 Å². The number of aryl methyl sites for hydroxylation is 1. The second kappa shape index (κ2) is 4.57. The van der Waals surface area contributed by atoms with E-state index in [9.17, 15) is 0 Å². The molecule has 1 heterocycles. The number of hydrogen-bond donors (Lipinski definition) is 1. The predicted molar refractivity (Wildman–Crippen MR) is 67.1 cm³/mol. The minimum atomic E-state index is 0.774. The van der Waals surface area contributed by atoms with E-state index in [2.05, 4.69) is 18.2 Å². The number of nitrogen functional groups attached to an aromatic ring is 1. The van der Waals surface area contributed by atoms with Crippen LogP contribution >= 0.6 is 11.8 Å². The van der Waals surface area contributed by atoms with E-state index in [1.807, 2.05) is 34.6 Å². The van der Waals surface area contributed by atoms with Crippen molar-refractivity contribution in [1.29, 1.82) is 0 Å². The average Bonchev–Trinajstić information content (AvgIpc) is 2.60. The molecule has 15 heavy (non-hydrogen) atoms. The van der Waals surface area contributed by atoms with Crippen molar-refractivity contribution in [2.24, 2.45) is 0 Å². The molecule has 0 aliphatic carbocycles. The third-order valence-corrected chi connectivity index (χ3v) is 3.13. The fraction of sp³-hybridized carbons (Fsp3) is 0.364. The van der Waals surface area contributed by atoms with Crippen LogP contribution in [0.3, 0.4) is 0 Å². The van der Waals surface area contributed by atoms with E-state index in [0.29, 0.717) is 0 Å². The van der Waals surface area contributed by atoms with Crippen molar-refractivity contribution in [1.82, 2.24) is 9.78 Å². The molecular weight excluding hydrogens is 206 g/mol. The molecule has 4 heteroatoms. The van der Waals surface area contributed by atoms with Gasteiger partial charge in [-0.15, -0.1) is 0 Å². The minimum Gasteiger partial charge on any atom is -0.399 e. The van der Waals surface area contributed by atoms with Crippen LogP contribution in [0.1, 0.15) is 6.92 Å². The number of aromatic nitrogens is 2. The molecule has 0 amide bonds. The first kappa shape index (κ1) is 10.4. The normalized spacial score (nSPS) is 11.0. The first-order chi connectivity index (χ1) is 7.29. The predicted octanol–water partition coefficient (Wildman–Crippen LogP) is 2.37. The zero-order valence-corrected chi connectivity index (χ0v) is 9.63. The standard InChI is InChI=1S/C11H15N3S/c1-2-15-6-5-14-8-9-3-4-10(12)7-11(9)13-14/h3-4,7-8H,2,5-6,12H2,1H3. The summed E-state index contributed by atoms with van der Waals surface area (Å²) in [5.74, 6) is 2.27. The Morgan fingerprint density at radius 2 is 2.33 bits per heavy atom. The number of fused-ring (bicyclic) bond motifs is 1. The van der Waals surface area contributed by atoms with Gasteiger partial charge in [-0.25, -0.2) is 0 Å². The maximum Gasteiger partial charge on any atom is 0.0943 e. The van der Waals surface area contributed by atoms with Gasteiger partial charge in [-0.3, -0.25) is 4.68 Å². The zero-order chi connectivity index (χ0) is 10.7. The molecule has 0 saturated carbocycles. The zero-order valence-electron chi connectivity index (χ0n) is 8.81. The maximum atomic E-state index is 5.70. The largest absolute Gasteiger partial charge is 0.399 e. The highest BCUT2D eigenvalue weighted by Crippen LogP contribution is 2.15. The van der Waals surface area contributed by atoms with Crippen LogP contribution in [0.4, 0.5) is 5.69 Å². The van der Waals surface area contributed by atoms with E-state index in [-0.39, 0.29) is 0 Å². The maximum absolute atomic E-state index is 5.70. The summed E-state index contributed by atoms with van der Waals surface area (Å²) in [7, 11) is 0. The van der Waals surface area contributed by atoms with Crippen molar-refractivity contribution >= 4 is 28.4 Å². The summed E-state index contributed by atoms with van der Waals surface area (Å²) < 4.78 is 1.99. The van der Waals surface area contributed by atoms with Crippen molar-refractivity contribution in [3.05, 3.63) is 24.4 Å². The van der Waals surface area contributed by atoms with Gasteiger partial charge < -0.3 is 5.73 Å².